The van der Waals surface area contributed by atoms with Crippen molar-refractivity contribution >= 4 is 68.6 Å². The minimum Gasteiger partial charge on any atom is -0.454 e. The van der Waals surface area contributed by atoms with Crippen LogP contribution in [0.3, 0.4) is 0 Å². The number of para-hydroxylation sites is 3. The number of hydrogen-bond acceptors (Lipinski definition) is 3. The first-order valence-electron chi connectivity index (χ1n) is 18.9. The molecule has 10 rings (SSSR count). The molecule has 1 aliphatic carbocycles. The lowest BCUT2D eigenvalue weighted by Crippen LogP contribution is -2.45. The Bertz CT molecular complexity index is 2640. The molecule has 52 heavy (non-hydrogen) atoms. The Kier molecular flexibility index (Phi) is 6.46. The molecule has 3 heterocycles. The molecule has 0 atom stereocenters. The molecule has 256 valence electrons. The second kappa shape index (κ2) is 10.7. The van der Waals surface area contributed by atoms with Gasteiger partial charge in [-0.05, 0) is 106 Å². The molecule has 0 saturated carbocycles. The summed E-state index contributed by atoms with van der Waals surface area (Å²) >= 11 is 0. The summed E-state index contributed by atoms with van der Waals surface area (Å²) in [5.74, 6) is 0. The molecular weight excluding hydrogens is 631 g/mol. The van der Waals surface area contributed by atoms with Gasteiger partial charge in [0, 0.05) is 38.8 Å². The van der Waals surface area contributed by atoms with Crippen LogP contribution in [-0.4, -0.2) is 7.28 Å². The fourth-order valence-corrected chi connectivity index (χ4v) is 9.78. The summed E-state index contributed by atoms with van der Waals surface area (Å²) < 4.78 is 6.80. The van der Waals surface area contributed by atoms with Crippen molar-refractivity contribution in [3.05, 3.63) is 137 Å². The normalized spacial score (nSPS) is 17.2. The number of rotatable bonds is 3. The average Bonchev–Trinajstić information content (AvgIpc) is 3.51. The first kappa shape index (κ1) is 31.5. The van der Waals surface area contributed by atoms with Crippen molar-refractivity contribution in [2.75, 3.05) is 10.2 Å². The Morgan fingerprint density at radius 3 is 2.23 bits per heavy atom. The van der Waals surface area contributed by atoms with Gasteiger partial charge in [-0.15, -0.1) is 0 Å². The molecule has 4 heteroatoms. The molecule has 0 radical (unpaired) electrons. The smallest absolute Gasteiger partial charge is 0.198 e. The minimum absolute atomic E-state index is 0.0926. The highest BCUT2D eigenvalue weighted by molar-refractivity contribution is 6.73. The van der Waals surface area contributed by atoms with E-state index in [-0.39, 0.29) is 16.2 Å². The second-order valence-electron chi connectivity index (χ2n) is 17.4. The van der Waals surface area contributed by atoms with Crippen molar-refractivity contribution in [3.63, 3.8) is 0 Å². The van der Waals surface area contributed by atoms with Crippen LogP contribution >= 0.6 is 0 Å². The van der Waals surface area contributed by atoms with E-state index in [4.69, 9.17) is 4.42 Å². The molecule has 0 saturated heterocycles. The Labute approximate surface area is 307 Å². The van der Waals surface area contributed by atoms with Crippen LogP contribution in [0.2, 0.25) is 0 Å². The third kappa shape index (κ3) is 4.39. The van der Waals surface area contributed by atoms with Crippen LogP contribution in [0, 0.1) is 6.92 Å². The molecule has 0 amide bonds. The van der Waals surface area contributed by atoms with Gasteiger partial charge in [-0.3, -0.25) is 0 Å². The van der Waals surface area contributed by atoms with Crippen LogP contribution in [-0.2, 0) is 16.2 Å². The summed E-state index contributed by atoms with van der Waals surface area (Å²) in [5.41, 5.74) is 20.0. The van der Waals surface area contributed by atoms with Crippen LogP contribution in [0.5, 0.6) is 0 Å². The first-order chi connectivity index (χ1) is 24.9. The lowest BCUT2D eigenvalue weighted by Gasteiger charge is -2.46. The van der Waals surface area contributed by atoms with Gasteiger partial charge in [0.1, 0.15) is 5.58 Å². The van der Waals surface area contributed by atoms with Crippen LogP contribution < -0.4 is 21.1 Å². The highest BCUT2D eigenvalue weighted by atomic mass is 16.3. The number of benzene rings is 6. The number of furan rings is 1. The van der Waals surface area contributed by atoms with Gasteiger partial charge in [0.15, 0.2) is 12.9 Å². The Morgan fingerprint density at radius 2 is 1.38 bits per heavy atom. The Morgan fingerprint density at radius 1 is 0.635 bits per heavy atom. The number of nitrogens with one attached hydrogen (secondary N) is 1. The van der Waals surface area contributed by atoms with E-state index in [2.05, 4.69) is 168 Å². The Hall–Kier alpha value is -5.22. The highest BCUT2D eigenvalue weighted by Crippen LogP contribution is 2.53. The van der Waals surface area contributed by atoms with Crippen molar-refractivity contribution < 1.29 is 4.42 Å². The summed E-state index contributed by atoms with van der Waals surface area (Å²) in [5, 5.41) is 6.27. The molecule has 0 fully saturated rings. The van der Waals surface area contributed by atoms with Crippen molar-refractivity contribution in [1.82, 2.24) is 0 Å². The van der Waals surface area contributed by atoms with Crippen LogP contribution in [0.4, 0.5) is 28.4 Å². The highest BCUT2D eigenvalue weighted by Gasteiger charge is 2.41. The third-order valence-electron chi connectivity index (χ3n) is 12.8. The van der Waals surface area contributed by atoms with E-state index in [1.54, 1.807) is 0 Å². The van der Waals surface area contributed by atoms with E-state index in [1.807, 2.05) is 0 Å². The predicted molar refractivity (Wildman–Crippen MR) is 222 cm³/mol. The molecule has 1 aromatic heterocycles. The second-order valence-corrected chi connectivity index (χ2v) is 17.4. The monoisotopic (exact) mass is 676 g/mol. The summed E-state index contributed by atoms with van der Waals surface area (Å²) in [6, 6.07) is 40.8. The van der Waals surface area contributed by atoms with E-state index >= 15 is 0 Å². The maximum Gasteiger partial charge on any atom is 0.198 e. The first-order valence-corrected chi connectivity index (χ1v) is 18.9. The number of nitrogens with zero attached hydrogens (tertiary/aromatic N) is 1. The maximum absolute atomic E-state index is 6.80. The van der Waals surface area contributed by atoms with E-state index in [0.29, 0.717) is 0 Å². The molecule has 0 bridgehead atoms. The molecule has 3 aliphatic rings. The Balaban J connectivity index is 1.22. The van der Waals surface area contributed by atoms with Crippen molar-refractivity contribution in [3.8, 4) is 11.1 Å². The summed E-state index contributed by atoms with van der Waals surface area (Å²) in [4.78, 5) is 2.56. The number of hydrogen-bond donors (Lipinski definition) is 1. The molecule has 2 aliphatic heterocycles. The number of fused-ring (bicyclic) bond motifs is 8. The van der Waals surface area contributed by atoms with Crippen LogP contribution in [0.15, 0.2) is 114 Å². The van der Waals surface area contributed by atoms with E-state index < -0.39 is 0 Å². The van der Waals surface area contributed by atoms with Gasteiger partial charge in [-0.25, -0.2) is 0 Å². The third-order valence-corrected chi connectivity index (χ3v) is 12.8. The molecule has 6 aromatic carbocycles. The van der Waals surface area contributed by atoms with Gasteiger partial charge in [0.25, 0.3) is 0 Å². The number of anilines is 5. The van der Waals surface area contributed by atoms with Crippen LogP contribution in [0.1, 0.15) is 82.2 Å². The lowest BCUT2D eigenvalue weighted by atomic mass is 9.56. The molecule has 1 N–H and O–H groups in total. The van der Waals surface area contributed by atoms with Gasteiger partial charge in [-0.1, -0.05) is 120 Å². The summed E-state index contributed by atoms with van der Waals surface area (Å²) in [7, 11) is 0.864. The molecular formula is C48H45BN2O. The topological polar surface area (TPSA) is 28.4 Å². The molecule has 0 spiro atoms. The van der Waals surface area contributed by atoms with Gasteiger partial charge in [0.2, 0.25) is 0 Å². The minimum atomic E-state index is -0.0926. The van der Waals surface area contributed by atoms with Gasteiger partial charge >= 0.3 is 0 Å². The fourth-order valence-electron chi connectivity index (χ4n) is 9.78. The number of aryl methyl sites for hydroxylation is 1. The summed E-state index contributed by atoms with van der Waals surface area (Å²) in [6.45, 7) is 16.6. The fraction of sp³-hybridized carbons (Fsp3) is 0.250. The zero-order valence-corrected chi connectivity index (χ0v) is 31.4. The van der Waals surface area contributed by atoms with E-state index in [0.717, 1.165) is 46.2 Å². The average molecular weight is 677 g/mol. The van der Waals surface area contributed by atoms with Crippen molar-refractivity contribution in [2.24, 2.45) is 0 Å². The quantitative estimate of drug-likeness (QED) is 0.189. The lowest BCUT2D eigenvalue weighted by molar-refractivity contribution is 0.332. The van der Waals surface area contributed by atoms with Crippen molar-refractivity contribution in [2.45, 2.75) is 77.6 Å². The molecule has 0 unspecified atom stereocenters. The van der Waals surface area contributed by atoms with Gasteiger partial charge in [0.05, 0.1) is 11.4 Å². The SMILES string of the molecule is Cc1cc(-c2ccc3c(oc4ccccc43)c2Nc2ccc3c(c2)C(C)(C)CCC3(C)C)c2c(c1)N1c3ccccc3C(C)(C)c3cccc(c31)B2. The zero-order chi connectivity index (χ0) is 35.7. The van der Waals surface area contributed by atoms with Gasteiger partial charge < -0.3 is 14.6 Å². The maximum atomic E-state index is 6.80. The summed E-state index contributed by atoms with van der Waals surface area (Å²) in [6.07, 6.45) is 2.38. The van der Waals surface area contributed by atoms with E-state index in [9.17, 15) is 0 Å². The van der Waals surface area contributed by atoms with Gasteiger partial charge in [-0.2, -0.15) is 0 Å². The standard InChI is InChI=1S/C48H45BN2O/c1-28-25-33(42-40(26-28)51-39-17-10-9-14-35(39)48(6,7)36-15-12-16-38(49-42)44(36)51)31-20-21-32-30-13-8-11-18-41(30)52-45(32)43(31)50-29-19-22-34-37(27-29)47(4,5)24-23-46(34,2)3/h8-22,25-27,49-50H,23-24H2,1-7H3. The van der Waals surface area contributed by atoms with Crippen molar-refractivity contribution in [1.29, 1.82) is 0 Å². The molecule has 7 aromatic rings. The van der Waals surface area contributed by atoms with Crippen LogP contribution in [0.25, 0.3) is 33.1 Å². The largest absolute Gasteiger partial charge is 0.454 e. The zero-order valence-electron chi connectivity index (χ0n) is 31.4. The predicted octanol–water partition coefficient (Wildman–Crippen LogP) is 11.5. The van der Waals surface area contributed by atoms with E-state index in [1.165, 1.54) is 74.2 Å². The molecule has 3 nitrogen and oxygen atoms in total.